The number of carbonyl (C=O) groups is 1. The smallest absolute Gasteiger partial charge is 0.356 e. The Morgan fingerprint density at radius 3 is 2.48 bits per heavy atom. The molecule has 0 aromatic heterocycles. The zero-order valence-corrected chi connectivity index (χ0v) is 18.4. The van der Waals surface area contributed by atoms with Gasteiger partial charge in [-0.15, -0.1) is 6.42 Å². The van der Waals surface area contributed by atoms with Crippen molar-refractivity contribution in [3.8, 4) is 12.3 Å². The number of halogens is 6. The number of nitrogens with zero attached hydrogens (tertiary/aromatic N) is 2. The summed E-state index contributed by atoms with van der Waals surface area (Å²) in [4.78, 5) is 18.1. The maximum absolute atomic E-state index is 13.4. The molecule has 11 heteroatoms. The fourth-order valence-corrected chi connectivity index (χ4v) is 4.45. The lowest BCUT2D eigenvalue weighted by molar-refractivity contribution is -0.143. The van der Waals surface area contributed by atoms with E-state index in [1.165, 1.54) is 0 Å². The molecule has 4 nitrogen and oxygen atoms in total. The van der Waals surface area contributed by atoms with Gasteiger partial charge in [0.1, 0.15) is 5.84 Å². The van der Waals surface area contributed by atoms with Gasteiger partial charge in [-0.1, -0.05) is 18.1 Å². The van der Waals surface area contributed by atoms with Crippen molar-refractivity contribution in [2.24, 2.45) is 10.9 Å². The van der Waals surface area contributed by atoms with E-state index in [0.717, 1.165) is 17.8 Å². The number of alkyl halides is 6. The Balaban J connectivity index is 1.66. The molecule has 0 spiro atoms. The summed E-state index contributed by atoms with van der Waals surface area (Å²) in [5.74, 6) is 2.99. The number of aliphatic imine (C=N–C) groups is 1. The molecular formula is C22H21F6N3OS. The lowest BCUT2D eigenvalue weighted by Gasteiger charge is -2.31. The maximum atomic E-state index is 13.4. The third-order valence-corrected chi connectivity index (χ3v) is 6.21. The van der Waals surface area contributed by atoms with Crippen LogP contribution in [0.2, 0.25) is 0 Å². The molecule has 2 heterocycles. The van der Waals surface area contributed by atoms with E-state index in [2.05, 4.69) is 16.2 Å². The number of rotatable bonds is 4. The molecule has 1 aromatic rings. The van der Waals surface area contributed by atoms with E-state index in [1.54, 1.807) is 11.8 Å². The Hall–Kier alpha value is -2.45. The lowest BCUT2D eigenvalue weighted by Crippen LogP contribution is -2.34. The van der Waals surface area contributed by atoms with Gasteiger partial charge in [-0.05, 0) is 68.2 Å². The second-order valence-corrected chi connectivity index (χ2v) is 8.87. The number of likely N-dealkylation sites (tertiary alicyclic amines) is 1. The van der Waals surface area contributed by atoms with E-state index < -0.39 is 23.5 Å². The zero-order valence-electron chi connectivity index (χ0n) is 17.6. The number of carbonyl (C=O) groups excluding carboxylic acids is 1. The molecule has 1 aromatic carbocycles. The van der Waals surface area contributed by atoms with Crippen molar-refractivity contribution in [1.29, 1.82) is 0 Å². The van der Waals surface area contributed by atoms with Gasteiger partial charge in [-0.25, -0.2) is 0 Å². The topological polar surface area (TPSA) is 44.7 Å². The normalized spacial score (nSPS) is 20.6. The molecule has 3 rings (SSSR count). The number of amides is 1. The second-order valence-electron chi connectivity index (χ2n) is 7.87. The number of nitrogens with one attached hydrogen (secondary N) is 1. The number of amidine groups is 1. The van der Waals surface area contributed by atoms with Gasteiger partial charge in [-0.2, -0.15) is 31.3 Å². The summed E-state index contributed by atoms with van der Waals surface area (Å²) in [7, 11) is 0. The Kier molecular flexibility index (Phi) is 7.49. The van der Waals surface area contributed by atoms with Crippen molar-refractivity contribution in [3.63, 3.8) is 0 Å². The fraction of sp³-hybridized carbons (Fsp3) is 0.455. The van der Waals surface area contributed by atoms with Crippen LogP contribution in [-0.4, -0.2) is 35.1 Å². The zero-order chi connectivity index (χ0) is 24.4. The van der Waals surface area contributed by atoms with Crippen molar-refractivity contribution in [2.75, 3.05) is 13.1 Å². The van der Waals surface area contributed by atoms with Crippen molar-refractivity contribution >= 4 is 22.8 Å². The standard InChI is InChI=1S/C22H21F6N3OS/c1-3-13(2)29-19-18(33-20(32)30-19)10-14-6-8-31(9-7-14)12-15-4-5-16(21(23,24)25)11-17(15)22(26,27)28/h1,4-5,10-11,13-14H,6-9,12H2,2H3,(H,29,30,32)/b18-10-. The van der Waals surface area contributed by atoms with Crippen LogP contribution in [0.25, 0.3) is 0 Å². The molecule has 178 valence electrons. The SMILES string of the molecule is C#CC(C)NC1=NC(=O)S/C1=C\C1CCN(Cc2ccc(C(F)(F)F)cc2C(F)(F)F)CC1. The Labute approximate surface area is 191 Å². The maximum Gasteiger partial charge on any atom is 0.416 e. The molecule has 2 aliphatic heterocycles. The van der Waals surface area contributed by atoms with Crippen LogP contribution in [0.1, 0.15) is 36.5 Å². The van der Waals surface area contributed by atoms with Crippen LogP contribution >= 0.6 is 11.8 Å². The highest BCUT2D eigenvalue weighted by Crippen LogP contribution is 2.38. The van der Waals surface area contributed by atoms with Gasteiger partial charge in [0.2, 0.25) is 0 Å². The number of terminal acetylenes is 1. The van der Waals surface area contributed by atoms with E-state index in [9.17, 15) is 31.1 Å². The molecule has 0 bridgehead atoms. The molecule has 33 heavy (non-hydrogen) atoms. The number of thioether (sulfide) groups is 1. The van der Waals surface area contributed by atoms with E-state index in [4.69, 9.17) is 6.42 Å². The molecular weight excluding hydrogens is 468 g/mol. The molecule has 1 unspecified atom stereocenters. The minimum atomic E-state index is -4.89. The number of hydrogen-bond acceptors (Lipinski definition) is 4. The first-order chi connectivity index (χ1) is 15.4. The van der Waals surface area contributed by atoms with Crippen LogP contribution in [0.15, 0.2) is 34.2 Å². The molecule has 1 saturated heterocycles. The van der Waals surface area contributed by atoms with Gasteiger partial charge >= 0.3 is 17.6 Å². The van der Waals surface area contributed by atoms with Crippen molar-refractivity contribution in [2.45, 2.75) is 44.7 Å². The number of benzene rings is 1. The summed E-state index contributed by atoms with van der Waals surface area (Å²) in [5, 5.41) is 2.63. The fourth-order valence-electron chi connectivity index (χ4n) is 3.66. The van der Waals surface area contributed by atoms with Gasteiger partial charge in [-0.3, -0.25) is 9.69 Å². The molecule has 0 aliphatic carbocycles. The molecule has 0 radical (unpaired) electrons. The third-order valence-electron chi connectivity index (χ3n) is 5.39. The van der Waals surface area contributed by atoms with E-state index in [0.29, 0.717) is 42.7 Å². The summed E-state index contributed by atoms with van der Waals surface area (Å²) in [5.41, 5.74) is -2.78. The largest absolute Gasteiger partial charge is 0.416 e. The average molecular weight is 489 g/mol. The van der Waals surface area contributed by atoms with Gasteiger partial charge in [0.15, 0.2) is 0 Å². The molecule has 1 amide bonds. The Bertz CT molecular complexity index is 1000. The molecule has 2 aliphatic rings. The minimum Gasteiger partial charge on any atom is -0.356 e. The van der Waals surface area contributed by atoms with Gasteiger partial charge in [0.05, 0.1) is 22.1 Å². The van der Waals surface area contributed by atoms with Crippen LogP contribution in [-0.2, 0) is 18.9 Å². The lowest BCUT2D eigenvalue weighted by atomic mass is 9.95. The molecule has 1 fully saturated rings. The first-order valence-electron chi connectivity index (χ1n) is 10.1. The average Bonchev–Trinajstić information content (AvgIpc) is 3.06. The summed E-state index contributed by atoms with van der Waals surface area (Å²) in [6.45, 7) is 2.58. The van der Waals surface area contributed by atoms with Crippen LogP contribution in [0.3, 0.4) is 0 Å². The van der Waals surface area contributed by atoms with Crippen LogP contribution in [0, 0.1) is 18.3 Å². The van der Waals surface area contributed by atoms with E-state index >= 15 is 0 Å². The second kappa shape index (κ2) is 9.81. The van der Waals surface area contributed by atoms with Crippen LogP contribution in [0.4, 0.5) is 31.1 Å². The van der Waals surface area contributed by atoms with Gasteiger partial charge in [0, 0.05) is 6.54 Å². The predicted molar refractivity (Wildman–Crippen MR) is 114 cm³/mol. The summed E-state index contributed by atoms with van der Waals surface area (Å²) < 4.78 is 78.8. The highest BCUT2D eigenvalue weighted by Gasteiger charge is 2.38. The highest BCUT2D eigenvalue weighted by molar-refractivity contribution is 8.18. The van der Waals surface area contributed by atoms with E-state index in [-0.39, 0.29) is 35.4 Å². The van der Waals surface area contributed by atoms with Gasteiger partial charge in [0.25, 0.3) is 0 Å². The number of hydrogen-bond donors (Lipinski definition) is 1. The Morgan fingerprint density at radius 1 is 1.24 bits per heavy atom. The number of piperidine rings is 1. The highest BCUT2D eigenvalue weighted by atomic mass is 32.2. The van der Waals surface area contributed by atoms with Crippen LogP contribution < -0.4 is 5.32 Å². The predicted octanol–water partition coefficient (Wildman–Crippen LogP) is 5.70. The monoisotopic (exact) mass is 489 g/mol. The quantitative estimate of drug-likeness (QED) is 0.436. The third kappa shape index (κ3) is 6.54. The molecule has 1 atom stereocenters. The summed E-state index contributed by atoms with van der Waals surface area (Å²) in [6, 6.07) is 1.45. The Morgan fingerprint density at radius 2 is 1.91 bits per heavy atom. The molecule has 1 N–H and O–H groups in total. The first kappa shape index (κ1) is 25.2. The van der Waals surface area contributed by atoms with Crippen molar-refractivity contribution < 1.29 is 31.1 Å². The summed E-state index contributed by atoms with van der Waals surface area (Å²) >= 11 is 0.988. The van der Waals surface area contributed by atoms with Crippen molar-refractivity contribution in [1.82, 2.24) is 10.2 Å². The molecule has 0 saturated carbocycles. The van der Waals surface area contributed by atoms with Crippen molar-refractivity contribution in [3.05, 3.63) is 45.9 Å². The first-order valence-corrected chi connectivity index (χ1v) is 10.9. The summed E-state index contributed by atoms with van der Waals surface area (Å²) in [6.07, 6.45) is -1.22. The van der Waals surface area contributed by atoms with Gasteiger partial charge < -0.3 is 5.32 Å². The van der Waals surface area contributed by atoms with Crippen LogP contribution in [0.5, 0.6) is 0 Å². The van der Waals surface area contributed by atoms with E-state index in [1.807, 2.05) is 6.08 Å². The minimum absolute atomic E-state index is 0.0810. The number of allylic oxidation sites excluding steroid dienone is 1.